The van der Waals surface area contributed by atoms with E-state index in [9.17, 15) is 9.59 Å². The lowest BCUT2D eigenvalue weighted by molar-refractivity contribution is -0.116. The fourth-order valence-electron chi connectivity index (χ4n) is 3.08. The quantitative estimate of drug-likeness (QED) is 0.656. The third-order valence-corrected chi connectivity index (χ3v) is 4.51. The Bertz CT molecular complexity index is 801. The number of benzene rings is 2. The highest BCUT2D eigenvalue weighted by Gasteiger charge is 2.16. The van der Waals surface area contributed by atoms with E-state index in [1.54, 1.807) is 24.3 Å². The number of nitrogens with one attached hydrogen (secondary N) is 2. The molecule has 2 amide bonds. The van der Waals surface area contributed by atoms with E-state index in [2.05, 4.69) is 10.6 Å². The molecule has 1 fully saturated rings. The van der Waals surface area contributed by atoms with E-state index in [1.165, 1.54) is 0 Å². The van der Waals surface area contributed by atoms with Gasteiger partial charge in [-0.25, -0.2) is 0 Å². The standard InChI is InChI=1S/C21H25N3O3/c22-17-6-1-4-15(12-17)9-10-20(25)24-18-7-2-5-16(13-18)21(26)23-14-19-8-3-11-27-19/h1-2,4-7,12-13,19H,3,8-11,14,22H2,(H,23,26)(H,24,25). The lowest BCUT2D eigenvalue weighted by atomic mass is 10.1. The number of nitrogen functional groups attached to an aromatic ring is 1. The van der Waals surface area contributed by atoms with Crippen molar-refractivity contribution in [3.63, 3.8) is 0 Å². The first-order valence-electron chi connectivity index (χ1n) is 9.24. The van der Waals surface area contributed by atoms with Gasteiger partial charge in [0.05, 0.1) is 6.10 Å². The molecule has 0 spiro atoms. The smallest absolute Gasteiger partial charge is 0.251 e. The van der Waals surface area contributed by atoms with Crippen molar-refractivity contribution >= 4 is 23.2 Å². The van der Waals surface area contributed by atoms with Crippen LogP contribution in [0.2, 0.25) is 0 Å². The van der Waals surface area contributed by atoms with Gasteiger partial charge >= 0.3 is 0 Å². The third-order valence-electron chi connectivity index (χ3n) is 4.51. The monoisotopic (exact) mass is 367 g/mol. The predicted octanol–water partition coefficient (Wildman–Crippen LogP) is 2.75. The number of amides is 2. The minimum Gasteiger partial charge on any atom is -0.399 e. The molecule has 0 saturated carbocycles. The maximum atomic E-state index is 12.3. The molecule has 4 N–H and O–H groups in total. The second-order valence-corrected chi connectivity index (χ2v) is 6.72. The molecule has 3 rings (SSSR count). The van der Waals surface area contributed by atoms with Gasteiger partial charge < -0.3 is 21.1 Å². The number of anilines is 2. The minimum atomic E-state index is -0.165. The van der Waals surface area contributed by atoms with Gasteiger partial charge in [-0.05, 0) is 55.2 Å². The van der Waals surface area contributed by atoms with Crippen molar-refractivity contribution in [1.29, 1.82) is 0 Å². The molecule has 0 aliphatic carbocycles. The Morgan fingerprint density at radius 3 is 2.78 bits per heavy atom. The molecule has 0 aromatic heterocycles. The number of nitrogens with two attached hydrogens (primary N) is 1. The number of ether oxygens (including phenoxy) is 1. The molecule has 142 valence electrons. The van der Waals surface area contributed by atoms with E-state index in [0.29, 0.717) is 36.3 Å². The minimum absolute atomic E-state index is 0.101. The number of aryl methyl sites for hydroxylation is 1. The summed E-state index contributed by atoms with van der Waals surface area (Å²) in [5, 5.41) is 5.73. The second-order valence-electron chi connectivity index (χ2n) is 6.72. The normalized spacial score (nSPS) is 16.1. The molecule has 1 atom stereocenters. The van der Waals surface area contributed by atoms with Crippen molar-refractivity contribution in [3.8, 4) is 0 Å². The fourth-order valence-corrected chi connectivity index (χ4v) is 3.08. The first-order chi connectivity index (χ1) is 13.1. The third kappa shape index (κ3) is 5.82. The molecular weight excluding hydrogens is 342 g/mol. The van der Waals surface area contributed by atoms with E-state index in [4.69, 9.17) is 10.5 Å². The summed E-state index contributed by atoms with van der Waals surface area (Å²) < 4.78 is 5.51. The molecule has 1 aliphatic rings. The highest BCUT2D eigenvalue weighted by molar-refractivity contribution is 5.97. The molecule has 0 bridgehead atoms. The summed E-state index contributed by atoms with van der Waals surface area (Å²) in [6.07, 6.45) is 3.07. The maximum absolute atomic E-state index is 12.3. The van der Waals surface area contributed by atoms with Crippen LogP contribution in [0.25, 0.3) is 0 Å². The second kappa shape index (κ2) is 9.19. The Kier molecular flexibility index (Phi) is 6.44. The van der Waals surface area contributed by atoms with Crippen LogP contribution in [0.1, 0.15) is 35.2 Å². The van der Waals surface area contributed by atoms with Gasteiger partial charge in [-0.15, -0.1) is 0 Å². The molecule has 1 unspecified atom stereocenters. The van der Waals surface area contributed by atoms with Crippen LogP contribution in [0.4, 0.5) is 11.4 Å². The summed E-state index contributed by atoms with van der Waals surface area (Å²) in [5.74, 6) is -0.268. The zero-order chi connectivity index (χ0) is 19.1. The molecule has 1 heterocycles. The Hall–Kier alpha value is -2.86. The number of rotatable bonds is 7. The van der Waals surface area contributed by atoms with E-state index in [1.807, 2.05) is 24.3 Å². The molecule has 1 aliphatic heterocycles. The first kappa shape index (κ1) is 18.9. The van der Waals surface area contributed by atoms with E-state index >= 15 is 0 Å². The Labute approximate surface area is 159 Å². The van der Waals surface area contributed by atoms with E-state index < -0.39 is 0 Å². The molecule has 6 heteroatoms. The van der Waals surface area contributed by atoms with Crippen molar-refractivity contribution in [2.75, 3.05) is 24.2 Å². The van der Waals surface area contributed by atoms with Crippen LogP contribution in [0.15, 0.2) is 48.5 Å². The zero-order valence-electron chi connectivity index (χ0n) is 15.2. The van der Waals surface area contributed by atoms with Crippen molar-refractivity contribution < 1.29 is 14.3 Å². The summed E-state index contributed by atoms with van der Waals surface area (Å²) in [6.45, 7) is 1.27. The fraction of sp³-hybridized carbons (Fsp3) is 0.333. The number of carbonyl (C=O) groups excluding carboxylic acids is 2. The van der Waals surface area contributed by atoms with Crippen LogP contribution in [-0.2, 0) is 16.0 Å². The van der Waals surface area contributed by atoms with Gasteiger partial charge in [-0.3, -0.25) is 9.59 Å². The number of carbonyl (C=O) groups is 2. The lowest BCUT2D eigenvalue weighted by Crippen LogP contribution is -2.31. The average molecular weight is 367 g/mol. The van der Waals surface area contributed by atoms with E-state index in [-0.39, 0.29) is 17.9 Å². The lowest BCUT2D eigenvalue weighted by Gasteiger charge is -2.11. The summed E-state index contributed by atoms with van der Waals surface area (Å²) in [6, 6.07) is 14.5. The van der Waals surface area contributed by atoms with Gasteiger partial charge in [0.1, 0.15) is 0 Å². The van der Waals surface area contributed by atoms with Gasteiger partial charge in [-0.1, -0.05) is 18.2 Å². The Morgan fingerprint density at radius 1 is 1.15 bits per heavy atom. The van der Waals surface area contributed by atoms with Crippen LogP contribution in [0, 0.1) is 0 Å². The summed E-state index contributed by atoms with van der Waals surface area (Å²) in [5.41, 5.74) is 8.59. The Balaban J connectivity index is 1.50. The van der Waals surface area contributed by atoms with Crippen LogP contribution in [0.5, 0.6) is 0 Å². The van der Waals surface area contributed by atoms with Crippen molar-refractivity contribution in [1.82, 2.24) is 5.32 Å². The molecular formula is C21H25N3O3. The van der Waals surface area contributed by atoms with Gasteiger partial charge in [0.25, 0.3) is 5.91 Å². The van der Waals surface area contributed by atoms with E-state index in [0.717, 1.165) is 25.0 Å². The molecule has 2 aromatic rings. The first-order valence-corrected chi connectivity index (χ1v) is 9.24. The van der Waals surface area contributed by atoms with Crippen LogP contribution < -0.4 is 16.4 Å². The highest BCUT2D eigenvalue weighted by atomic mass is 16.5. The maximum Gasteiger partial charge on any atom is 0.251 e. The highest BCUT2D eigenvalue weighted by Crippen LogP contribution is 2.14. The predicted molar refractivity (Wildman–Crippen MR) is 106 cm³/mol. The summed E-state index contributed by atoms with van der Waals surface area (Å²) >= 11 is 0. The van der Waals surface area contributed by atoms with Gasteiger partial charge in [-0.2, -0.15) is 0 Å². The van der Waals surface area contributed by atoms with Crippen LogP contribution in [0.3, 0.4) is 0 Å². The number of hydrogen-bond acceptors (Lipinski definition) is 4. The molecule has 0 radical (unpaired) electrons. The number of hydrogen-bond donors (Lipinski definition) is 3. The topological polar surface area (TPSA) is 93.5 Å². The van der Waals surface area contributed by atoms with Gasteiger partial charge in [0, 0.05) is 36.5 Å². The summed E-state index contributed by atoms with van der Waals surface area (Å²) in [7, 11) is 0. The molecule has 1 saturated heterocycles. The SMILES string of the molecule is Nc1cccc(CCC(=O)Nc2cccc(C(=O)NCC3CCCO3)c2)c1. The van der Waals surface area contributed by atoms with Crippen molar-refractivity contribution in [3.05, 3.63) is 59.7 Å². The molecule has 27 heavy (non-hydrogen) atoms. The largest absolute Gasteiger partial charge is 0.399 e. The molecule has 6 nitrogen and oxygen atoms in total. The Morgan fingerprint density at radius 2 is 2.00 bits per heavy atom. The van der Waals surface area contributed by atoms with Gasteiger partial charge in [0.15, 0.2) is 0 Å². The van der Waals surface area contributed by atoms with Crippen molar-refractivity contribution in [2.24, 2.45) is 0 Å². The summed E-state index contributed by atoms with van der Waals surface area (Å²) in [4.78, 5) is 24.5. The van der Waals surface area contributed by atoms with Crippen molar-refractivity contribution in [2.45, 2.75) is 31.8 Å². The molecule has 2 aromatic carbocycles. The van der Waals surface area contributed by atoms with Crippen LogP contribution >= 0.6 is 0 Å². The van der Waals surface area contributed by atoms with Crippen LogP contribution in [-0.4, -0.2) is 31.1 Å². The average Bonchev–Trinajstić information content (AvgIpc) is 3.18. The zero-order valence-corrected chi connectivity index (χ0v) is 15.2. The van der Waals surface area contributed by atoms with Gasteiger partial charge in [0.2, 0.25) is 5.91 Å².